The van der Waals surface area contributed by atoms with E-state index < -0.39 is 49.6 Å². The first-order valence-corrected chi connectivity index (χ1v) is 11.0. The Morgan fingerprint density at radius 2 is 1.82 bits per heavy atom. The van der Waals surface area contributed by atoms with Gasteiger partial charge in [0.15, 0.2) is 0 Å². The molecular weight excluding hydrogens is 468 g/mol. The van der Waals surface area contributed by atoms with E-state index in [4.69, 9.17) is 5.73 Å². The van der Waals surface area contributed by atoms with Gasteiger partial charge in [0.2, 0.25) is 21.8 Å². The number of benzene rings is 1. The number of nitrogens with zero attached hydrogens (tertiary/aromatic N) is 4. The number of amides is 1. The molecule has 9 nitrogen and oxygen atoms in total. The van der Waals surface area contributed by atoms with E-state index in [2.05, 4.69) is 20.3 Å². The lowest BCUT2D eigenvalue weighted by molar-refractivity contribution is -0.138. The minimum absolute atomic E-state index is 0.0435. The topological polar surface area (TPSA) is 131 Å². The number of nitrogens with two attached hydrogens (primary N) is 1. The van der Waals surface area contributed by atoms with E-state index in [1.807, 2.05) is 0 Å². The third kappa shape index (κ3) is 3.39. The summed E-state index contributed by atoms with van der Waals surface area (Å²) in [6.45, 7) is 1.46. The number of halogens is 4. The van der Waals surface area contributed by atoms with E-state index in [0.29, 0.717) is 12.4 Å². The van der Waals surface area contributed by atoms with Gasteiger partial charge in [0.25, 0.3) is 5.91 Å². The van der Waals surface area contributed by atoms with Gasteiger partial charge in [-0.3, -0.25) is 4.79 Å². The third-order valence-electron chi connectivity index (χ3n) is 6.04. The molecule has 176 valence electrons. The van der Waals surface area contributed by atoms with Gasteiger partial charge in [0, 0.05) is 30.7 Å². The van der Waals surface area contributed by atoms with Crippen LogP contribution in [0, 0.1) is 5.82 Å². The van der Waals surface area contributed by atoms with Gasteiger partial charge in [0.05, 0.1) is 5.56 Å². The molecule has 3 N–H and O–H groups in total. The van der Waals surface area contributed by atoms with Crippen LogP contribution in [0.4, 0.5) is 23.2 Å². The van der Waals surface area contributed by atoms with Crippen LogP contribution >= 0.6 is 0 Å². The van der Waals surface area contributed by atoms with Gasteiger partial charge in [0.1, 0.15) is 16.1 Å². The summed E-state index contributed by atoms with van der Waals surface area (Å²) >= 11 is 0. The standard InChI is InChI=1S/C19H18F4N6O3S/c1-17(18(5-6-18)33(31,32)29(2)16(24)28-17)12-7-11(3-4-13(12)20)27-15(30)14-25-8-10(9-26-14)19(21,22)23/h3-4,7-9H,5-6H2,1-2H3,(H2,24,28)(H,27,30)/t17-/m1/s1. The Morgan fingerprint density at radius 1 is 1.21 bits per heavy atom. The number of aliphatic imine (C=N–C) groups is 1. The molecule has 2 aromatic rings. The second kappa shape index (κ2) is 7.10. The van der Waals surface area contributed by atoms with Gasteiger partial charge in [-0.15, -0.1) is 0 Å². The van der Waals surface area contributed by atoms with Crippen molar-refractivity contribution in [2.24, 2.45) is 10.7 Å². The maximum Gasteiger partial charge on any atom is 0.419 e. The molecule has 2 aliphatic rings. The molecule has 1 fully saturated rings. The third-order valence-corrected chi connectivity index (χ3v) is 8.74. The zero-order valence-corrected chi connectivity index (χ0v) is 18.1. The maximum absolute atomic E-state index is 14.9. The van der Waals surface area contributed by atoms with Gasteiger partial charge in [-0.25, -0.2) is 32.1 Å². The van der Waals surface area contributed by atoms with Crippen molar-refractivity contribution in [3.63, 3.8) is 0 Å². The van der Waals surface area contributed by atoms with E-state index in [1.165, 1.54) is 26.1 Å². The first-order valence-electron chi connectivity index (χ1n) is 9.57. The fraction of sp³-hybridized carbons (Fsp3) is 0.368. The molecule has 0 saturated heterocycles. The molecule has 2 heterocycles. The van der Waals surface area contributed by atoms with Crippen molar-refractivity contribution in [1.82, 2.24) is 14.3 Å². The van der Waals surface area contributed by atoms with Crippen LogP contribution in [0.5, 0.6) is 0 Å². The summed E-state index contributed by atoms with van der Waals surface area (Å²) in [4.78, 5) is 23.5. The monoisotopic (exact) mass is 486 g/mol. The minimum atomic E-state index is -4.66. The number of anilines is 1. The lowest BCUT2D eigenvalue weighted by Crippen LogP contribution is -2.58. The Labute approximate surface area is 185 Å². The molecule has 0 bridgehead atoms. The summed E-state index contributed by atoms with van der Waals surface area (Å²) in [5.41, 5.74) is 3.06. The Hall–Kier alpha value is -3.29. The van der Waals surface area contributed by atoms with E-state index in [-0.39, 0.29) is 30.1 Å². The first kappa shape index (κ1) is 22.9. The van der Waals surface area contributed by atoms with Crippen LogP contribution in [-0.2, 0) is 21.7 Å². The Bertz CT molecular complexity index is 1280. The van der Waals surface area contributed by atoms with E-state index >= 15 is 0 Å². The molecule has 1 aromatic heterocycles. The van der Waals surface area contributed by atoms with Gasteiger partial charge in [-0.2, -0.15) is 13.2 Å². The molecule has 1 aliphatic carbocycles. The number of rotatable bonds is 3. The molecular formula is C19H18F4N6O3S. The fourth-order valence-corrected chi connectivity index (χ4v) is 6.04. The summed E-state index contributed by atoms with van der Waals surface area (Å²) < 4.78 is 78.4. The average Bonchev–Trinajstić information content (AvgIpc) is 3.56. The smallest absolute Gasteiger partial charge is 0.369 e. The van der Waals surface area contributed by atoms with Crippen LogP contribution in [0.25, 0.3) is 0 Å². The van der Waals surface area contributed by atoms with Gasteiger partial charge in [-0.05, 0) is 38.0 Å². The highest BCUT2D eigenvalue weighted by Gasteiger charge is 2.70. The Balaban J connectivity index is 1.69. The number of carbonyl (C=O) groups excluding carboxylic acids is 1. The van der Waals surface area contributed by atoms with Crippen LogP contribution in [0.1, 0.15) is 41.5 Å². The second-order valence-electron chi connectivity index (χ2n) is 7.95. The van der Waals surface area contributed by atoms with Crippen molar-refractivity contribution in [3.8, 4) is 0 Å². The molecule has 0 unspecified atom stereocenters. The number of sulfonamides is 1. The van der Waals surface area contributed by atoms with Gasteiger partial charge < -0.3 is 11.1 Å². The molecule has 1 aromatic carbocycles. The molecule has 14 heteroatoms. The maximum atomic E-state index is 14.9. The second-order valence-corrected chi connectivity index (χ2v) is 10.2. The van der Waals surface area contributed by atoms with Crippen LogP contribution in [0.2, 0.25) is 0 Å². The number of aromatic nitrogens is 2. The van der Waals surface area contributed by atoms with Crippen LogP contribution in [0.15, 0.2) is 35.6 Å². The van der Waals surface area contributed by atoms with Gasteiger partial charge >= 0.3 is 6.18 Å². The number of guanidine groups is 1. The number of nitrogens with one attached hydrogen (secondary N) is 1. The summed E-state index contributed by atoms with van der Waals surface area (Å²) in [6, 6.07) is 3.45. The Morgan fingerprint density at radius 3 is 2.36 bits per heavy atom. The van der Waals surface area contributed by atoms with Crippen molar-refractivity contribution in [1.29, 1.82) is 0 Å². The highest BCUT2D eigenvalue weighted by molar-refractivity contribution is 7.91. The van der Waals surface area contributed by atoms with Crippen molar-refractivity contribution in [3.05, 3.63) is 53.4 Å². The normalized spacial score (nSPS) is 23.2. The quantitative estimate of drug-likeness (QED) is 0.640. The predicted octanol–water partition coefficient (Wildman–Crippen LogP) is 2.22. The lowest BCUT2D eigenvalue weighted by atomic mass is 9.86. The summed E-state index contributed by atoms with van der Waals surface area (Å²) in [5.74, 6) is -2.54. The minimum Gasteiger partial charge on any atom is -0.369 e. The largest absolute Gasteiger partial charge is 0.419 e. The van der Waals surface area contributed by atoms with Crippen LogP contribution in [-0.4, -0.2) is 46.4 Å². The lowest BCUT2D eigenvalue weighted by Gasteiger charge is -2.42. The predicted molar refractivity (Wildman–Crippen MR) is 109 cm³/mol. The Kier molecular flexibility index (Phi) is 4.93. The molecule has 0 radical (unpaired) electrons. The van der Waals surface area contributed by atoms with E-state index in [9.17, 15) is 30.8 Å². The molecule has 4 rings (SSSR count). The first-order chi connectivity index (χ1) is 15.2. The molecule has 1 aliphatic heterocycles. The number of hydrogen-bond donors (Lipinski definition) is 2. The van der Waals surface area contributed by atoms with Crippen LogP contribution < -0.4 is 11.1 Å². The van der Waals surface area contributed by atoms with E-state index in [0.717, 1.165) is 10.4 Å². The number of alkyl halides is 3. The summed E-state index contributed by atoms with van der Waals surface area (Å²) in [6.07, 6.45) is -3.25. The molecule has 33 heavy (non-hydrogen) atoms. The van der Waals surface area contributed by atoms with Crippen molar-refractivity contribution in [2.75, 3.05) is 12.4 Å². The van der Waals surface area contributed by atoms with Crippen molar-refractivity contribution >= 4 is 27.6 Å². The number of carbonyl (C=O) groups is 1. The van der Waals surface area contributed by atoms with Crippen molar-refractivity contribution < 1.29 is 30.8 Å². The molecule has 1 saturated carbocycles. The molecule has 1 spiro atoms. The summed E-state index contributed by atoms with van der Waals surface area (Å²) in [7, 11) is -2.67. The SMILES string of the molecule is CN1C(N)=N[C@](C)(c2cc(NC(=O)c3ncc(C(F)(F)F)cn3)ccc2F)C2(CC2)S1(=O)=O. The average molecular weight is 486 g/mol. The summed E-state index contributed by atoms with van der Waals surface area (Å²) in [5, 5.41) is 2.38. The number of hydrogen-bond acceptors (Lipinski definition) is 7. The van der Waals surface area contributed by atoms with Gasteiger partial charge in [-0.1, -0.05) is 0 Å². The van der Waals surface area contributed by atoms with E-state index in [1.54, 1.807) is 0 Å². The fourth-order valence-electron chi connectivity index (χ4n) is 3.96. The molecule has 1 atom stereocenters. The highest BCUT2D eigenvalue weighted by Crippen LogP contribution is 2.60. The van der Waals surface area contributed by atoms with Crippen LogP contribution in [0.3, 0.4) is 0 Å². The highest BCUT2D eigenvalue weighted by atomic mass is 32.2. The molecule has 1 amide bonds. The zero-order chi connectivity index (χ0) is 24.4. The zero-order valence-electron chi connectivity index (χ0n) is 17.3. The van der Waals surface area contributed by atoms with Crippen molar-refractivity contribution in [2.45, 2.75) is 36.2 Å².